The second kappa shape index (κ2) is 37.8. The molecule has 1 nitrogen and oxygen atoms in total. The highest BCUT2D eigenvalue weighted by Crippen LogP contribution is 2.33. The first-order valence-electron chi connectivity index (χ1n) is 21.8. The van der Waals surface area contributed by atoms with Gasteiger partial charge in [0.25, 0.3) is 0 Å². The van der Waals surface area contributed by atoms with Crippen molar-refractivity contribution in [3.63, 3.8) is 0 Å². The van der Waals surface area contributed by atoms with Crippen molar-refractivity contribution in [2.45, 2.75) is 231 Å². The number of phenolic OH excluding ortho intramolecular Hbond substituents is 1. The highest BCUT2D eigenvalue weighted by molar-refractivity contribution is 7.99. The molecular formula is C45H84OS3. The molecule has 0 amide bonds. The predicted octanol–water partition coefficient (Wildman–Crippen LogP) is 16.9. The molecule has 0 saturated carbocycles. The molecule has 0 radical (unpaired) electrons. The molecule has 0 bridgehead atoms. The molecule has 0 aliphatic carbocycles. The third-order valence-electron chi connectivity index (χ3n) is 10.0. The lowest BCUT2D eigenvalue weighted by molar-refractivity contribution is 0.465. The van der Waals surface area contributed by atoms with Crippen LogP contribution >= 0.6 is 35.3 Å². The largest absolute Gasteiger partial charge is 0.507 e. The van der Waals surface area contributed by atoms with E-state index in [-0.39, 0.29) is 0 Å². The van der Waals surface area contributed by atoms with E-state index >= 15 is 0 Å². The normalized spacial score (nSPS) is 11.6. The lowest BCUT2D eigenvalue weighted by atomic mass is 10.1. The Kier molecular flexibility index (Phi) is 36.3. The van der Waals surface area contributed by atoms with Gasteiger partial charge in [0.15, 0.2) is 0 Å². The molecule has 4 heteroatoms. The predicted molar refractivity (Wildman–Crippen MR) is 232 cm³/mol. The number of thioether (sulfide) groups is 3. The van der Waals surface area contributed by atoms with Gasteiger partial charge in [-0.25, -0.2) is 0 Å². The van der Waals surface area contributed by atoms with E-state index in [0.717, 1.165) is 17.3 Å². The Labute approximate surface area is 321 Å². The number of hydrogen-bond donors (Lipinski definition) is 1. The first kappa shape index (κ1) is 47.1. The minimum absolute atomic E-state index is 0.592. The second-order valence-corrected chi connectivity index (χ2v) is 18.3. The fourth-order valence-electron chi connectivity index (χ4n) is 6.76. The van der Waals surface area contributed by atoms with E-state index < -0.39 is 0 Å². The van der Waals surface area contributed by atoms with Crippen LogP contribution in [0.5, 0.6) is 5.75 Å². The summed E-state index contributed by atoms with van der Waals surface area (Å²) >= 11 is 6.17. The van der Waals surface area contributed by atoms with Crippen molar-refractivity contribution < 1.29 is 5.11 Å². The van der Waals surface area contributed by atoms with E-state index in [9.17, 15) is 5.11 Å². The van der Waals surface area contributed by atoms with Crippen LogP contribution in [0, 0.1) is 0 Å². The molecule has 1 rings (SSSR count). The van der Waals surface area contributed by atoms with Crippen LogP contribution in [-0.4, -0.2) is 22.4 Å². The zero-order valence-corrected chi connectivity index (χ0v) is 35.7. The van der Waals surface area contributed by atoms with Crippen LogP contribution in [0.1, 0.15) is 230 Å². The van der Waals surface area contributed by atoms with Gasteiger partial charge >= 0.3 is 0 Å². The zero-order chi connectivity index (χ0) is 35.3. The van der Waals surface area contributed by atoms with Crippen molar-refractivity contribution in [3.8, 4) is 5.75 Å². The Morgan fingerprint density at radius 3 is 0.878 bits per heavy atom. The van der Waals surface area contributed by atoms with Crippen LogP contribution in [0.4, 0.5) is 0 Å². The summed E-state index contributed by atoms with van der Waals surface area (Å²) in [5.74, 6) is 7.29. The van der Waals surface area contributed by atoms with Crippen LogP contribution in [0.3, 0.4) is 0 Å². The molecule has 1 aromatic rings. The van der Waals surface area contributed by atoms with Crippen LogP contribution in [0.25, 0.3) is 0 Å². The Morgan fingerprint density at radius 1 is 0.347 bits per heavy atom. The molecule has 0 unspecified atom stereocenters. The fourth-order valence-corrected chi connectivity index (χ4v) is 9.70. The number of phenols is 1. The summed E-state index contributed by atoms with van der Waals surface area (Å²) in [5, 5.41) is 11.3. The highest BCUT2D eigenvalue weighted by Gasteiger charge is 2.11. The summed E-state index contributed by atoms with van der Waals surface area (Å²) in [7, 11) is 0. The molecule has 0 aromatic heterocycles. The van der Waals surface area contributed by atoms with Gasteiger partial charge in [-0.3, -0.25) is 0 Å². The van der Waals surface area contributed by atoms with Gasteiger partial charge in [0.05, 0.1) is 0 Å². The topological polar surface area (TPSA) is 20.2 Å². The number of benzene rings is 1. The Bertz CT molecular complexity index is 763. The minimum Gasteiger partial charge on any atom is -0.507 e. The lowest BCUT2D eigenvalue weighted by Gasteiger charge is -2.14. The molecule has 0 heterocycles. The van der Waals surface area contributed by atoms with Crippen molar-refractivity contribution in [2.24, 2.45) is 0 Å². The number of rotatable bonds is 39. The Balaban J connectivity index is 2.40. The summed E-state index contributed by atoms with van der Waals surface area (Å²) in [6, 6.07) is 4.67. The minimum atomic E-state index is 0.592. The standard InChI is InChI=1S/C45H84OS3/c1-4-7-10-13-16-19-22-25-28-31-34-47-39-42-37-43(40-48-35-32-29-26-23-20-17-14-11-8-5-2)45(46)44(38-42)41-49-36-33-30-27-24-21-18-15-12-9-6-3/h37-38,46H,4-36,39-41H2,1-3H3. The second-order valence-electron chi connectivity index (χ2n) is 15.0. The summed E-state index contributed by atoms with van der Waals surface area (Å²) in [5.41, 5.74) is 3.80. The van der Waals surface area contributed by atoms with Gasteiger partial charge in [-0.05, 0) is 42.1 Å². The molecule has 0 aliphatic heterocycles. The highest BCUT2D eigenvalue weighted by atomic mass is 32.2. The van der Waals surface area contributed by atoms with E-state index in [4.69, 9.17) is 0 Å². The van der Waals surface area contributed by atoms with Crippen molar-refractivity contribution in [3.05, 3.63) is 28.8 Å². The maximum absolute atomic E-state index is 11.3. The van der Waals surface area contributed by atoms with Gasteiger partial charge in [-0.15, -0.1) is 0 Å². The summed E-state index contributed by atoms with van der Waals surface area (Å²) in [6.45, 7) is 6.90. The zero-order valence-electron chi connectivity index (χ0n) is 33.3. The SMILES string of the molecule is CCCCCCCCCCCCSCc1cc(CSCCCCCCCCCCCC)c(O)c(CSCCCCCCCCCCCC)c1. The van der Waals surface area contributed by atoms with Gasteiger partial charge in [0.2, 0.25) is 0 Å². The van der Waals surface area contributed by atoms with E-state index in [2.05, 4.69) is 44.7 Å². The molecule has 0 fully saturated rings. The van der Waals surface area contributed by atoms with Gasteiger partial charge in [0.1, 0.15) is 5.75 Å². The Hall–Kier alpha value is 0.0700. The van der Waals surface area contributed by atoms with Crippen LogP contribution in [-0.2, 0) is 17.3 Å². The molecule has 49 heavy (non-hydrogen) atoms. The number of unbranched alkanes of at least 4 members (excludes halogenated alkanes) is 27. The molecule has 288 valence electrons. The first-order chi connectivity index (χ1) is 24.2. The van der Waals surface area contributed by atoms with Crippen LogP contribution in [0.15, 0.2) is 12.1 Å². The van der Waals surface area contributed by atoms with Crippen molar-refractivity contribution in [1.29, 1.82) is 0 Å². The van der Waals surface area contributed by atoms with Gasteiger partial charge in [0, 0.05) is 28.4 Å². The van der Waals surface area contributed by atoms with E-state index in [1.165, 1.54) is 227 Å². The smallest absolute Gasteiger partial charge is 0.123 e. The van der Waals surface area contributed by atoms with Crippen molar-refractivity contribution >= 4 is 35.3 Å². The molecule has 1 N–H and O–H groups in total. The van der Waals surface area contributed by atoms with Crippen molar-refractivity contribution in [2.75, 3.05) is 17.3 Å². The average Bonchev–Trinajstić information content (AvgIpc) is 3.11. The summed E-state index contributed by atoms with van der Waals surface area (Å²) in [4.78, 5) is 0. The lowest BCUT2D eigenvalue weighted by Crippen LogP contribution is -1.95. The van der Waals surface area contributed by atoms with Crippen molar-refractivity contribution in [1.82, 2.24) is 0 Å². The maximum atomic E-state index is 11.3. The number of aromatic hydroxyl groups is 1. The third-order valence-corrected chi connectivity index (χ3v) is 13.3. The van der Waals surface area contributed by atoms with Crippen LogP contribution in [0.2, 0.25) is 0 Å². The fraction of sp³-hybridized carbons (Fsp3) is 0.867. The molecule has 0 saturated heterocycles. The monoisotopic (exact) mass is 737 g/mol. The number of hydrogen-bond acceptors (Lipinski definition) is 4. The molecule has 0 aliphatic rings. The van der Waals surface area contributed by atoms with Gasteiger partial charge in [-0.1, -0.05) is 206 Å². The molecule has 0 atom stereocenters. The third kappa shape index (κ3) is 30.3. The van der Waals surface area contributed by atoms with Crippen LogP contribution < -0.4 is 0 Å². The Morgan fingerprint density at radius 2 is 0.592 bits per heavy atom. The van der Waals surface area contributed by atoms with E-state index in [1.54, 1.807) is 0 Å². The van der Waals surface area contributed by atoms with E-state index in [0.29, 0.717) is 5.75 Å². The maximum Gasteiger partial charge on any atom is 0.123 e. The average molecular weight is 737 g/mol. The van der Waals surface area contributed by atoms with E-state index in [1.807, 2.05) is 23.5 Å². The molecular weight excluding hydrogens is 653 g/mol. The summed E-state index contributed by atoms with van der Waals surface area (Å²) in [6.07, 6.45) is 42.0. The van der Waals surface area contributed by atoms with Gasteiger partial charge in [-0.2, -0.15) is 35.3 Å². The van der Waals surface area contributed by atoms with Gasteiger partial charge < -0.3 is 5.11 Å². The molecule has 0 spiro atoms. The first-order valence-corrected chi connectivity index (χ1v) is 25.3. The molecule has 1 aromatic carbocycles. The summed E-state index contributed by atoms with van der Waals surface area (Å²) < 4.78 is 0. The quantitative estimate of drug-likeness (QED) is 0.0679.